The van der Waals surface area contributed by atoms with E-state index in [1.807, 2.05) is 24.3 Å². The minimum Gasteiger partial charge on any atom is -0.330 e. The van der Waals surface area contributed by atoms with Crippen molar-refractivity contribution in [3.8, 4) is 0 Å². The third-order valence-electron chi connectivity index (χ3n) is 4.14. The van der Waals surface area contributed by atoms with Crippen LogP contribution in [0.15, 0.2) is 48.5 Å². The Morgan fingerprint density at radius 3 is 1.78 bits per heavy atom. The second kappa shape index (κ2) is 5.65. The van der Waals surface area contributed by atoms with E-state index in [-0.39, 0.29) is 0 Å². The molecule has 4 nitrogen and oxygen atoms in total. The van der Waals surface area contributed by atoms with E-state index in [9.17, 15) is 0 Å². The van der Waals surface area contributed by atoms with Crippen molar-refractivity contribution in [2.45, 2.75) is 12.0 Å². The van der Waals surface area contributed by atoms with Crippen molar-refractivity contribution in [2.24, 2.45) is 11.5 Å². The molecule has 6 heteroatoms. The predicted molar refractivity (Wildman–Crippen MR) is 97.9 cm³/mol. The summed E-state index contributed by atoms with van der Waals surface area (Å²) in [6, 6.07) is 16.3. The molecule has 0 amide bonds. The summed E-state index contributed by atoms with van der Waals surface area (Å²) < 4.78 is 11.6. The highest BCUT2D eigenvalue weighted by atomic mass is 32.1. The molecule has 0 aliphatic heterocycles. The zero-order valence-corrected chi connectivity index (χ0v) is 14.0. The van der Waals surface area contributed by atoms with Crippen LogP contribution in [0.25, 0.3) is 20.2 Å². The van der Waals surface area contributed by atoms with Crippen LogP contribution in [0.4, 0.5) is 0 Å². The van der Waals surface area contributed by atoms with Crippen LogP contribution in [0.1, 0.15) is 17.8 Å². The van der Waals surface area contributed by atoms with Gasteiger partial charge in [0.15, 0.2) is 0 Å². The van der Waals surface area contributed by atoms with Gasteiger partial charge in [0.25, 0.3) is 0 Å². The zero-order valence-electron chi connectivity index (χ0n) is 12.4. The van der Waals surface area contributed by atoms with Gasteiger partial charge >= 0.3 is 0 Å². The second-order valence-electron chi connectivity index (χ2n) is 5.56. The van der Waals surface area contributed by atoms with Gasteiger partial charge in [-0.1, -0.05) is 36.4 Å². The van der Waals surface area contributed by atoms with Crippen molar-refractivity contribution in [1.82, 2.24) is 8.75 Å². The molecule has 2 aromatic carbocycles. The van der Waals surface area contributed by atoms with Crippen LogP contribution in [0.3, 0.4) is 0 Å². The Balaban J connectivity index is 1.99. The Bertz CT molecular complexity index is 899. The molecule has 0 saturated carbocycles. The molecular weight excluding hydrogens is 324 g/mol. The fourth-order valence-corrected chi connectivity index (χ4v) is 4.70. The number of fused-ring (bicyclic) bond motifs is 2. The maximum absolute atomic E-state index is 6.88. The van der Waals surface area contributed by atoms with Crippen LogP contribution in [-0.2, 0) is 5.54 Å². The average Bonchev–Trinajstić information content (AvgIpc) is 3.20. The van der Waals surface area contributed by atoms with Gasteiger partial charge in [-0.05, 0) is 48.2 Å². The van der Waals surface area contributed by atoms with Crippen LogP contribution in [-0.4, -0.2) is 15.3 Å². The highest BCUT2D eigenvalue weighted by Gasteiger charge is 2.36. The van der Waals surface area contributed by atoms with Crippen LogP contribution in [0, 0.1) is 0 Å². The number of nitrogens with two attached hydrogens (primary N) is 2. The van der Waals surface area contributed by atoms with Crippen molar-refractivity contribution in [3.63, 3.8) is 0 Å². The van der Waals surface area contributed by atoms with E-state index in [1.165, 1.54) is 23.1 Å². The molecule has 116 valence electrons. The molecule has 0 atom stereocenters. The van der Waals surface area contributed by atoms with Crippen molar-refractivity contribution in [3.05, 3.63) is 59.9 Å². The zero-order chi connectivity index (χ0) is 15.9. The normalized spacial score (nSPS) is 12.3. The molecular formula is C17H16N4S2. The van der Waals surface area contributed by atoms with Gasteiger partial charge in [0.05, 0.1) is 20.8 Å². The van der Waals surface area contributed by atoms with Gasteiger partial charge in [0.1, 0.15) is 5.54 Å². The third kappa shape index (κ3) is 2.26. The Morgan fingerprint density at radius 2 is 1.30 bits per heavy atom. The minimum absolute atomic E-state index is 0.480. The molecule has 0 radical (unpaired) electrons. The number of hydrogen-bond donors (Lipinski definition) is 2. The Hall–Kier alpha value is -1.86. The smallest absolute Gasteiger partial charge is 0.106 e. The molecule has 0 fully saturated rings. The molecule has 0 unspecified atom stereocenters. The first-order chi connectivity index (χ1) is 11.2. The molecule has 2 aromatic heterocycles. The molecule has 4 N–H and O–H groups in total. The standard InChI is InChI=1S/C17H16N4S2/c18-10-9-17(19,15-11-5-1-3-7-13(11)22-20-15)16-12-6-2-4-8-14(12)23-21-16/h1-8H,9-10,18-19H2. The summed E-state index contributed by atoms with van der Waals surface area (Å²) in [5, 5.41) is 2.18. The Labute approximate surface area is 142 Å². The summed E-state index contributed by atoms with van der Waals surface area (Å²) in [6.07, 6.45) is 0.606. The molecule has 23 heavy (non-hydrogen) atoms. The quantitative estimate of drug-likeness (QED) is 0.596. The fraction of sp³-hybridized carbons (Fsp3) is 0.176. The summed E-state index contributed by atoms with van der Waals surface area (Å²) in [6.45, 7) is 0.480. The van der Waals surface area contributed by atoms with Gasteiger partial charge in [-0.15, -0.1) is 0 Å². The lowest BCUT2D eigenvalue weighted by molar-refractivity contribution is 0.488. The van der Waals surface area contributed by atoms with E-state index >= 15 is 0 Å². The van der Waals surface area contributed by atoms with Gasteiger partial charge in [-0.2, -0.15) is 8.75 Å². The summed E-state index contributed by atoms with van der Waals surface area (Å²) in [7, 11) is 0. The minimum atomic E-state index is -0.770. The number of nitrogens with zero attached hydrogens (tertiary/aromatic N) is 2. The van der Waals surface area contributed by atoms with Gasteiger partial charge in [-0.3, -0.25) is 0 Å². The summed E-state index contributed by atoms with van der Waals surface area (Å²) in [5.74, 6) is 0. The van der Waals surface area contributed by atoms with Crippen LogP contribution in [0.5, 0.6) is 0 Å². The first-order valence-electron chi connectivity index (χ1n) is 7.43. The highest BCUT2D eigenvalue weighted by Crippen LogP contribution is 2.39. The van der Waals surface area contributed by atoms with E-state index in [2.05, 4.69) is 33.0 Å². The third-order valence-corrected chi connectivity index (χ3v) is 5.79. The SMILES string of the molecule is NCCC(N)(c1nsc2ccccc12)c1nsc2ccccc12. The lowest BCUT2D eigenvalue weighted by atomic mass is 9.85. The van der Waals surface area contributed by atoms with Crippen LogP contribution < -0.4 is 11.5 Å². The Kier molecular flexibility index (Phi) is 3.61. The van der Waals surface area contributed by atoms with E-state index in [1.54, 1.807) is 0 Å². The summed E-state index contributed by atoms with van der Waals surface area (Å²) in [4.78, 5) is 0. The number of hydrogen-bond acceptors (Lipinski definition) is 6. The number of benzene rings is 2. The molecule has 0 bridgehead atoms. The molecule has 0 aliphatic carbocycles. The van der Waals surface area contributed by atoms with E-state index in [0.29, 0.717) is 13.0 Å². The van der Waals surface area contributed by atoms with Crippen molar-refractivity contribution < 1.29 is 0 Å². The molecule has 0 spiro atoms. The van der Waals surface area contributed by atoms with Crippen LogP contribution >= 0.6 is 23.1 Å². The highest BCUT2D eigenvalue weighted by molar-refractivity contribution is 7.13. The van der Waals surface area contributed by atoms with Gasteiger partial charge in [0.2, 0.25) is 0 Å². The average molecular weight is 340 g/mol. The molecule has 2 heterocycles. The van der Waals surface area contributed by atoms with Gasteiger partial charge in [-0.25, -0.2) is 0 Å². The number of rotatable bonds is 4. The van der Waals surface area contributed by atoms with E-state index in [0.717, 1.165) is 31.6 Å². The first kappa shape index (κ1) is 14.7. The largest absolute Gasteiger partial charge is 0.330 e. The molecule has 0 saturated heterocycles. The monoisotopic (exact) mass is 340 g/mol. The summed E-state index contributed by atoms with van der Waals surface area (Å²) in [5.41, 5.74) is 13.7. The maximum atomic E-state index is 6.88. The second-order valence-corrected chi connectivity index (χ2v) is 7.17. The topological polar surface area (TPSA) is 77.8 Å². The van der Waals surface area contributed by atoms with Crippen molar-refractivity contribution in [2.75, 3.05) is 6.54 Å². The van der Waals surface area contributed by atoms with Crippen molar-refractivity contribution >= 4 is 43.2 Å². The van der Waals surface area contributed by atoms with E-state index < -0.39 is 5.54 Å². The summed E-state index contributed by atoms with van der Waals surface area (Å²) >= 11 is 2.95. The molecule has 4 aromatic rings. The first-order valence-corrected chi connectivity index (χ1v) is 8.97. The van der Waals surface area contributed by atoms with Crippen molar-refractivity contribution in [1.29, 1.82) is 0 Å². The predicted octanol–water partition coefficient (Wildman–Crippen LogP) is 3.46. The molecule has 0 aliphatic rings. The Morgan fingerprint density at radius 1 is 0.826 bits per heavy atom. The van der Waals surface area contributed by atoms with Crippen LogP contribution in [0.2, 0.25) is 0 Å². The molecule has 4 rings (SSSR count). The maximum Gasteiger partial charge on any atom is 0.106 e. The van der Waals surface area contributed by atoms with Gasteiger partial charge < -0.3 is 11.5 Å². The van der Waals surface area contributed by atoms with Gasteiger partial charge in [0, 0.05) is 10.8 Å². The fourth-order valence-electron chi connectivity index (χ4n) is 2.99. The lowest BCUT2D eigenvalue weighted by Gasteiger charge is -2.26. The van der Waals surface area contributed by atoms with E-state index in [4.69, 9.17) is 11.5 Å². The lowest BCUT2D eigenvalue weighted by Crippen LogP contribution is -2.41. The number of aromatic nitrogens is 2.